The van der Waals surface area contributed by atoms with Gasteiger partial charge in [0.15, 0.2) is 0 Å². The van der Waals surface area contributed by atoms with Crippen molar-refractivity contribution in [1.82, 2.24) is 35.7 Å². The highest BCUT2D eigenvalue weighted by Gasteiger charge is 2.26. The maximum atomic E-state index is 13.6. The van der Waals surface area contributed by atoms with Crippen molar-refractivity contribution in [2.45, 2.75) is 90.1 Å². The lowest BCUT2D eigenvalue weighted by Gasteiger charge is -2.26. The summed E-state index contributed by atoms with van der Waals surface area (Å²) < 4.78 is 0. The van der Waals surface area contributed by atoms with E-state index in [1.54, 1.807) is 20.6 Å². The van der Waals surface area contributed by atoms with E-state index in [2.05, 4.69) is 39.8 Å². The molecule has 2 aliphatic rings. The minimum absolute atomic E-state index is 0.0732. The number of carbonyl (C=O) groups is 5. The summed E-state index contributed by atoms with van der Waals surface area (Å²) in [5, 5.41) is 13.8. The summed E-state index contributed by atoms with van der Waals surface area (Å²) in [5.74, 6) is -0.545. The fourth-order valence-electron chi connectivity index (χ4n) is 6.36. The van der Waals surface area contributed by atoms with E-state index in [4.69, 9.17) is 0 Å². The third-order valence-corrected chi connectivity index (χ3v) is 11.0. The Bertz CT molecular complexity index is 1640. The van der Waals surface area contributed by atoms with Gasteiger partial charge in [0.05, 0.1) is 12.1 Å². The number of benzene rings is 1. The quantitative estimate of drug-likeness (QED) is 0.307. The molecule has 4 bridgehead atoms. The Hall–Kier alpha value is -4.17. The largest absolute Gasteiger partial charge is 0.351 e. The van der Waals surface area contributed by atoms with Gasteiger partial charge in [-0.15, -0.1) is 22.7 Å². The Labute approximate surface area is 307 Å². The van der Waals surface area contributed by atoms with Crippen LogP contribution in [-0.4, -0.2) is 82.0 Å². The molecule has 2 aliphatic heterocycles. The molecule has 0 radical (unpaired) electrons. The van der Waals surface area contributed by atoms with E-state index >= 15 is 0 Å². The number of amides is 5. The number of fused-ring (bicyclic) bond motifs is 4. The van der Waals surface area contributed by atoms with Crippen LogP contribution in [0.3, 0.4) is 0 Å². The molecule has 0 unspecified atom stereocenters. The van der Waals surface area contributed by atoms with Gasteiger partial charge in [0.25, 0.3) is 11.8 Å². The van der Waals surface area contributed by atoms with Crippen molar-refractivity contribution in [2.75, 3.05) is 32.7 Å². The van der Waals surface area contributed by atoms with Crippen LogP contribution in [0.5, 0.6) is 0 Å². The number of carbonyl (C=O) groups excluding carboxylic acids is 5. The predicted octanol–water partition coefficient (Wildman–Crippen LogP) is 5.05. The first-order valence-electron chi connectivity index (χ1n) is 18.0. The molecule has 274 valence electrons. The number of nitrogens with zero attached hydrogens (tertiary/aromatic N) is 4. The van der Waals surface area contributed by atoms with E-state index in [0.717, 1.165) is 24.8 Å². The third-order valence-electron chi connectivity index (χ3n) is 9.08. The molecular formula is C37H49N7O5S2. The summed E-state index contributed by atoms with van der Waals surface area (Å²) in [7, 11) is 0. The van der Waals surface area contributed by atoms with Crippen LogP contribution in [0.1, 0.15) is 120 Å². The Morgan fingerprint density at radius 2 is 1.53 bits per heavy atom. The lowest BCUT2D eigenvalue weighted by Crippen LogP contribution is -2.39. The first-order chi connectivity index (χ1) is 24.7. The van der Waals surface area contributed by atoms with E-state index in [1.165, 1.54) is 22.7 Å². The molecule has 2 atom stereocenters. The SMILES string of the molecule is CC(C)C[C@@H]1NC(=O)CCCN(C(=O)CCN2CCCCCC2=O)CCCNC(=O)c2csc(n2)[C@H](Cc2ccccc2)NC(=O)c2csc1n2. The topological polar surface area (TPSA) is 154 Å². The molecule has 51 heavy (non-hydrogen) atoms. The number of likely N-dealkylation sites (tertiary alicyclic amines) is 1. The van der Waals surface area contributed by atoms with E-state index in [0.29, 0.717) is 74.8 Å². The van der Waals surface area contributed by atoms with Crippen molar-refractivity contribution < 1.29 is 24.0 Å². The Kier molecular flexibility index (Phi) is 14.1. The van der Waals surface area contributed by atoms with Crippen molar-refractivity contribution in [2.24, 2.45) is 5.92 Å². The number of aromatic nitrogens is 2. The molecule has 3 aromatic rings. The van der Waals surface area contributed by atoms with Gasteiger partial charge in [0, 0.05) is 62.7 Å². The van der Waals surface area contributed by atoms with E-state index in [1.807, 2.05) is 30.3 Å². The van der Waals surface area contributed by atoms with E-state index in [-0.39, 0.29) is 65.7 Å². The average Bonchev–Trinajstić information content (AvgIpc) is 3.76. The predicted molar refractivity (Wildman–Crippen MR) is 197 cm³/mol. The number of hydrogen-bond donors (Lipinski definition) is 3. The molecule has 0 saturated carbocycles. The van der Waals surface area contributed by atoms with Gasteiger partial charge in [0.2, 0.25) is 17.7 Å². The highest BCUT2D eigenvalue weighted by atomic mass is 32.1. The molecule has 3 N–H and O–H groups in total. The molecule has 0 spiro atoms. The second-order valence-electron chi connectivity index (χ2n) is 13.6. The summed E-state index contributed by atoms with van der Waals surface area (Å²) in [6.45, 7) is 6.31. The fourth-order valence-corrected chi connectivity index (χ4v) is 8.08. The minimum Gasteiger partial charge on any atom is -0.351 e. The van der Waals surface area contributed by atoms with Gasteiger partial charge in [-0.25, -0.2) is 9.97 Å². The van der Waals surface area contributed by atoms with Crippen LogP contribution < -0.4 is 16.0 Å². The smallest absolute Gasteiger partial charge is 0.271 e. The maximum Gasteiger partial charge on any atom is 0.271 e. The normalized spacial score (nSPS) is 20.2. The van der Waals surface area contributed by atoms with Gasteiger partial charge >= 0.3 is 0 Å². The fraction of sp³-hybridized carbons (Fsp3) is 0.541. The van der Waals surface area contributed by atoms with Crippen LogP contribution in [0.2, 0.25) is 0 Å². The Morgan fingerprint density at radius 3 is 2.27 bits per heavy atom. The van der Waals surface area contributed by atoms with Crippen molar-refractivity contribution >= 4 is 52.2 Å². The standard InChI is InChI=1S/C37H49N7O5S2/c1-25(2)21-27-36-42-30(24-51-36)35(49)40-28(22-26-11-5-3-6-12-26)37-41-29(23-50-37)34(48)38-16-10-19-43(18-9-13-31(45)39-27)33(47)15-20-44-17-8-4-7-14-32(44)46/h3,5-6,11-12,23-25,27-28H,4,7-10,13-22H2,1-2H3,(H,38,48)(H,39,45)(H,40,49)/t27-,28-/m0/s1. The minimum atomic E-state index is -0.499. The van der Waals surface area contributed by atoms with Crippen molar-refractivity contribution in [3.63, 3.8) is 0 Å². The van der Waals surface area contributed by atoms with Gasteiger partial charge in [-0.2, -0.15) is 0 Å². The Morgan fingerprint density at radius 1 is 0.824 bits per heavy atom. The summed E-state index contributed by atoms with van der Waals surface area (Å²) in [5.41, 5.74) is 1.53. The molecule has 5 rings (SSSR count). The van der Waals surface area contributed by atoms with E-state index < -0.39 is 6.04 Å². The molecule has 0 aliphatic carbocycles. The maximum absolute atomic E-state index is 13.6. The van der Waals surface area contributed by atoms with Crippen LogP contribution in [0, 0.1) is 5.92 Å². The number of rotatable bonds is 7. The molecule has 1 fully saturated rings. The Balaban J connectivity index is 1.35. The zero-order valence-electron chi connectivity index (χ0n) is 29.5. The molecular weight excluding hydrogens is 687 g/mol. The number of nitrogens with one attached hydrogen (secondary N) is 3. The first-order valence-corrected chi connectivity index (χ1v) is 19.8. The molecule has 1 saturated heterocycles. The number of thiazole rings is 2. The van der Waals surface area contributed by atoms with Gasteiger partial charge in [-0.05, 0) is 50.0 Å². The van der Waals surface area contributed by atoms with Crippen molar-refractivity contribution in [3.8, 4) is 0 Å². The highest BCUT2D eigenvalue weighted by Crippen LogP contribution is 2.27. The molecule has 14 heteroatoms. The highest BCUT2D eigenvalue weighted by molar-refractivity contribution is 7.10. The van der Waals surface area contributed by atoms with Crippen LogP contribution in [0.25, 0.3) is 0 Å². The molecule has 4 heterocycles. The lowest BCUT2D eigenvalue weighted by atomic mass is 10.0. The molecule has 12 nitrogen and oxygen atoms in total. The van der Waals surface area contributed by atoms with Crippen LogP contribution in [0.4, 0.5) is 0 Å². The summed E-state index contributed by atoms with van der Waals surface area (Å²) in [4.78, 5) is 78.8. The van der Waals surface area contributed by atoms with Crippen LogP contribution in [-0.2, 0) is 20.8 Å². The van der Waals surface area contributed by atoms with Gasteiger partial charge in [-0.1, -0.05) is 50.6 Å². The third kappa shape index (κ3) is 11.4. The summed E-state index contributed by atoms with van der Waals surface area (Å²) >= 11 is 2.65. The van der Waals surface area contributed by atoms with Crippen molar-refractivity contribution in [3.05, 3.63) is 68.1 Å². The van der Waals surface area contributed by atoms with Crippen LogP contribution >= 0.6 is 22.7 Å². The molecule has 1 aromatic carbocycles. The van der Waals surface area contributed by atoms with Crippen LogP contribution in [0.15, 0.2) is 41.1 Å². The van der Waals surface area contributed by atoms with Crippen molar-refractivity contribution in [1.29, 1.82) is 0 Å². The lowest BCUT2D eigenvalue weighted by molar-refractivity contribution is -0.134. The second kappa shape index (κ2) is 18.9. The second-order valence-corrected chi connectivity index (χ2v) is 15.4. The molecule has 2 aromatic heterocycles. The van der Waals surface area contributed by atoms with Gasteiger partial charge < -0.3 is 25.8 Å². The average molecular weight is 736 g/mol. The number of hydrogen-bond acceptors (Lipinski definition) is 9. The first kappa shape index (κ1) is 38.1. The van der Waals surface area contributed by atoms with E-state index in [9.17, 15) is 24.0 Å². The summed E-state index contributed by atoms with van der Waals surface area (Å²) in [6, 6.07) is 8.91. The van der Waals surface area contributed by atoms with Gasteiger partial charge in [0.1, 0.15) is 21.4 Å². The summed E-state index contributed by atoms with van der Waals surface area (Å²) in [6.07, 6.45) is 5.89. The zero-order valence-corrected chi connectivity index (χ0v) is 31.2. The van der Waals surface area contributed by atoms with Gasteiger partial charge in [-0.3, -0.25) is 24.0 Å². The zero-order chi connectivity index (χ0) is 36.2. The monoisotopic (exact) mass is 735 g/mol. The molecule has 5 amide bonds.